The molecule has 166 valence electrons. The molecule has 1 atom stereocenters. The van der Waals surface area contributed by atoms with Crippen LogP contribution < -0.4 is 15.9 Å². The van der Waals surface area contributed by atoms with E-state index in [1.54, 1.807) is 48.5 Å². The van der Waals surface area contributed by atoms with E-state index < -0.39 is 0 Å². The molecule has 2 amide bonds. The molecular weight excluding hydrogens is 428 g/mol. The molecule has 6 heteroatoms. The number of rotatable bonds is 2. The number of hydrogen-bond acceptors (Lipinski definition) is 4. The van der Waals surface area contributed by atoms with E-state index in [9.17, 15) is 19.8 Å². The van der Waals surface area contributed by atoms with Crippen LogP contribution in [0.15, 0.2) is 102 Å². The van der Waals surface area contributed by atoms with E-state index in [1.165, 1.54) is 0 Å². The van der Waals surface area contributed by atoms with E-state index in [4.69, 9.17) is 0 Å². The van der Waals surface area contributed by atoms with Crippen LogP contribution in [0, 0.1) is 0 Å². The summed E-state index contributed by atoms with van der Waals surface area (Å²) in [4.78, 5) is 27.8. The predicted molar refractivity (Wildman–Crippen MR) is 128 cm³/mol. The number of para-hydroxylation sites is 2. The van der Waals surface area contributed by atoms with Crippen LogP contribution in [0.4, 0.5) is 5.69 Å². The lowest BCUT2D eigenvalue weighted by Gasteiger charge is -2.08. The van der Waals surface area contributed by atoms with Gasteiger partial charge in [-0.25, -0.2) is 4.99 Å². The standard InChI is InChI=1S/C14H11NO2.C14H9NO2/c2*16-10-7-5-9(6-8-10)13-11-3-1-2-4-12(11)15-14(13)17/h1-8,13,16H,(H,15,17);1-8,16H. The summed E-state index contributed by atoms with van der Waals surface area (Å²) in [6.45, 7) is 0. The Bertz CT molecular complexity index is 1520. The summed E-state index contributed by atoms with van der Waals surface area (Å²) in [5, 5.41) is 22.9. The van der Waals surface area contributed by atoms with Crippen molar-refractivity contribution in [3.05, 3.63) is 124 Å². The molecule has 0 spiro atoms. The Balaban J connectivity index is 0.000000142. The molecular formula is C28H20N2O4. The molecule has 4 aromatic rings. The van der Waals surface area contributed by atoms with Gasteiger partial charge in [-0.05, 0) is 53.1 Å². The van der Waals surface area contributed by atoms with Crippen LogP contribution in [0.3, 0.4) is 0 Å². The minimum absolute atomic E-state index is 0.0168. The van der Waals surface area contributed by atoms with Crippen LogP contribution in [0.25, 0.3) is 5.57 Å². The summed E-state index contributed by atoms with van der Waals surface area (Å²) in [7, 11) is 0. The number of aromatic hydroxyl groups is 2. The fraction of sp³-hybridized carbons (Fsp3) is 0.0357. The Morgan fingerprint density at radius 2 is 1.32 bits per heavy atom. The number of phenolic OH excluding ortho intramolecular Hbond substituents is 2. The number of nitrogens with zero attached hydrogens (tertiary/aromatic N) is 1. The molecule has 0 saturated carbocycles. The van der Waals surface area contributed by atoms with E-state index in [0.717, 1.165) is 27.6 Å². The molecule has 3 N–H and O–H groups in total. The topological polar surface area (TPSA) is 99.0 Å². The van der Waals surface area contributed by atoms with E-state index in [2.05, 4.69) is 10.3 Å². The molecule has 0 aromatic heterocycles. The molecule has 2 heterocycles. The summed E-state index contributed by atoms with van der Waals surface area (Å²) in [5.74, 6) is -0.119. The first-order valence-corrected chi connectivity index (χ1v) is 10.7. The largest absolute Gasteiger partial charge is 0.508 e. The number of carbonyl (C=O) groups excluding carboxylic acids is 2. The van der Waals surface area contributed by atoms with Gasteiger partial charge in [0.1, 0.15) is 11.5 Å². The van der Waals surface area contributed by atoms with Crippen molar-refractivity contribution < 1.29 is 19.8 Å². The van der Waals surface area contributed by atoms with Crippen molar-refractivity contribution in [2.75, 3.05) is 5.32 Å². The lowest BCUT2D eigenvalue weighted by atomic mass is 9.93. The number of carbonyl (C=O) groups is 2. The monoisotopic (exact) mass is 448 g/mol. The predicted octanol–water partition coefficient (Wildman–Crippen LogP) is 3.23. The number of hydrogen-bond donors (Lipinski definition) is 3. The maximum atomic E-state index is 11.9. The van der Waals surface area contributed by atoms with Crippen molar-refractivity contribution in [3.63, 3.8) is 0 Å². The molecule has 4 aromatic carbocycles. The number of benzene rings is 4. The third kappa shape index (κ3) is 3.93. The van der Waals surface area contributed by atoms with Gasteiger partial charge in [0.05, 0.1) is 16.8 Å². The highest BCUT2D eigenvalue weighted by atomic mass is 16.3. The molecule has 2 aliphatic heterocycles. The highest BCUT2D eigenvalue weighted by molar-refractivity contribution is 6.20. The van der Waals surface area contributed by atoms with Crippen molar-refractivity contribution >= 4 is 23.1 Å². The van der Waals surface area contributed by atoms with Gasteiger partial charge in [-0.1, -0.05) is 60.7 Å². The summed E-state index contributed by atoms with van der Waals surface area (Å²) < 4.78 is 0. The Kier molecular flexibility index (Phi) is 5.40. The summed E-state index contributed by atoms with van der Waals surface area (Å²) in [6, 6.07) is 28.4. The molecule has 34 heavy (non-hydrogen) atoms. The average Bonchev–Trinajstić information content (AvgIpc) is 3.36. The zero-order valence-corrected chi connectivity index (χ0v) is 18.0. The molecule has 0 bridgehead atoms. The van der Waals surface area contributed by atoms with Crippen molar-refractivity contribution in [2.45, 2.75) is 5.92 Å². The van der Waals surface area contributed by atoms with Crippen LogP contribution in [0.1, 0.15) is 22.6 Å². The summed E-state index contributed by atoms with van der Waals surface area (Å²) in [6.07, 6.45) is 0. The molecule has 6 rings (SSSR count). The molecule has 0 saturated heterocycles. The second-order valence-electron chi connectivity index (χ2n) is 7.96. The average molecular weight is 448 g/mol. The number of phenols is 2. The molecule has 0 fully saturated rings. The van der Waals surface area contributed by atoms with Gasteiger partial charge in [-0.2, -0.15) is 0 Å². The number of amides is 2. The second-order valence-corrected chi connectivity index (χ2v) is 7.96. The van der Waals surface area contributed by atoms with Crippen LogP contribution in [0.5, 0.6) is 11.5 Å². The normalized spacial score (nSPS) is 15.5. The van der Waals surface area contributed by atoms with Crippen LogP contribution in [-0.2, 0) is 9.59 Å². The van der Waals surface area contributed by atoms with E-state index in [1.807, 2.05) is 48.5 Å². The number of fused-ring (bicyclic) bond motifs is 2. The van der Waals surface area contributed by atoms with Crippen molar-refractivity contribution in [3.8, 4) is 11.5 Å². The van der Waals surface area contributed by atoms with Crippen LogP contribution in [0.2, 0.25) is 0 Å². The quantitative estimate of drug-likeness (QED) is 0.439. The van der Waals surface area contributed by atoms with Gasteiger partial charge in [0, 0.05) is 10.9 Å². The molecule has 0 radical (unpaired) electrons. The van der Waals surface area contributed by atoms with Crippen LogP contribution in [-0.4, -0.2) is 22.0 Å². The third-order valence-corrected chi connectivity index (χ3v) is 5.78. The Morgan fingerprint density at radius 1 is 0.706 bits per heavy atom. The van der Waals surface area contributed by atoms with E-state index in [-0.39, 0.29) is 29.2 Å². The zero-order chi connectivity index (χ0) is 23.7. The lowest BCUT2D eigenvalue weighted by molar-refractivity contribution is -0.116. The smallest absolute Gasteiger partial charge is 0.278 e. The SMILES string of the molecule is O=C1N=c2ccccc2=C1c1ccc(O)cc1.O=C1Nc2ccccc2C1c1ccc(O)cc1. The molecule has 6 nitrogen and oxygen atoms in total. The lowest BCUT2D eigenvalue weighted by Crippen LogP contribution is -2.22. The van der Waals surface area contributed by atoms with E-state index in [0.29, 0.717) is 10.9 Å². The van der Waals surface area contributed by atoms with E-state index >= 15 is 0 Å². The maximum absolute atomic E-state index is 11.9. The van der Waals surface area contributed by atoms with Gasteiger partial charge in [-0.15, -0.1) is 0 Å². The Morgan fingerprint density at radius 3 is 2.06 bits per heavy atom. The Labute approximate surface area is 195 Å². The van der Waals surface area contributed by atoms with Gasteiger partial charge in [-0.3, -0.25) is 9.59 Å². The second kappa shape index (κ2) is 8.67. The van der Waals surface area contributed by atoms with Crippen molar-refractivity contribution in [2.24, 2.45) is 4.99 Å². The highest BCUT2D eigenvalue weighted by Crippen LogP contribution is 2.37. The summed E-state index contributed by atoms with van der Waals surface area (Å²) >= 11 is 0. The highest BCUT2D eigenvalue weighted by Gasteiger charge is 2.31. The minimum atomic E-state index is -0.271. The first-order chi connectivity index (χ1) is 16.5. The molecule has 0 aliphatic carbocycles. The fourth-order valence-corrected chi connectivity index (χ4v) is 4.18. The van der Waals surface area contributed by atoms with Gasteiger partial charge in [0.15, 0.2) is 0 Å². The maximum Gasteiger partial charge on any atom is 0.278 e. The zero-order valence-electron chi connectivity index (χ0n) is 18.0. The van der Waals surface area contributed by atoms with Gasteiger partial charge >= 0.3 is 0 Å². The van der Waals surface area contributed by atoms with Crippen LogP contribution >= 0.6 is 0 Å². The summed E-state index contributed by atoms with van der Waals surface area (Å²) in [5.41, 5.74) is 4.13. The van der Waals surface area contributed by atoms with Gasteiger partial charge < -0.3 is 15.5 Å². The first-order valence-electron chi connectivity index (χ1n) is 10.7. The molecule has 2 aliphatic rings. The van der Waals surface area contributed by atoms with Gasteiger partial charge in [0.2, 0.25) is 5.91 Å². The minimum Gasteiger partial charge on any atom is -0.508 e. The number of anilines is 1. The number of nitrogens with one attached hydrogen (secondary N) is 1. The van der Waals surface area contributed by atoms with Crippen molar-refractivity contribution in [1.29, 1.82) is 0 Å². The fourth-order valence-electron chi connectivity index (χ4n) is 4.18. The molecule has 1 unspecified atom stereocenters. The Hall–Kier alpha value is -4.71. The van der Waals surface area contributed by atoms with Gasteiger partial charge in [0.25, 0.3) is 5.91 Å². The third-order valence-electron chi connectivity index (χ3n) is 5.78. The van der Waals surface area contributed by atoms with Crippen molar-refractivity contribution in [1.82, 2.24) is 0 Å². The first kappa shape index (κ1) is 21.2.